The van der Waals surface area contributed by atoms with Gasteiger partial charge in [0, 0.05) is 31.3 Å². The van der Waals surface area contributed by atoms with Crippen LogP contribution in [0.5, 0.6) is 0 Å². The molecule has 0 bridgehead atoms. The van der Waals surface area contributed by atoms with Gasteiger partial charge in [0.1, 0.15) is 6.54 Å². The predicted molar refractivity (Wildman–Crippen MR) is 67.0 cm³/mol. The van der Waals surface area contributed by atoms with Gasteiger partial charge in [-0.3, -0.25) is 14.4 Å². The van der Waals surface area contributed by atoms with Crippen molar-refractivity contribution < 1.29 is 9.59 Å². The second kappa shape index (κ2) is 5.64. The van der Waals surface area contributed by atoms with Gasteiger partial charge in [-0.05, 0) is 18.9 Å². The van der Waals surface area contributed by atoms with Crippen LogP contribution in [0.15, 0.2) is 23.1 Å². The van der Waals surface area contributed by atoms with E-state index >= 15 is 0 Å². The topological polar surface area (TPSA) is 98.3 Å². The van der Waals surface area contributed by atoms with E-state index in [-0.39, 0.29) is 29.8 Å². The molecule has 102 valence electrons. The molecule has 0 radical (unpaired) electrons. The quantitative estimate of drug-likeness (QED) is 0.754. The van der Waals surface area contributed by atoms with Crippen LogP contribution in [0.25, 0.3) is 0 Å². The highest BCUT2D eigenvalue weighted by atomic mass is 16.2. The van der Waals surface area contributed by atoms with Crippen LogP contribution in [0.4, 0.5) is 0 Å². The SMILES string of the molecule is NC(=O)C1CCN(C(=O)Cn2ncccc2=O)CC1. The number of likely N-dealkylation sites (tertiary alicyclic amines) is 1. The lowest BCUT2D eigenvalue weighted by molar-refractivity contribution is -0.135. The number of rotatable bonds is 3. The van der Waals surface area contributed by atoms with Crippen molar-refractivity contribution in [1.82, 2.24) is 14.7 Å². The van der Waals surface area contributed by atoms with E-state index < -0.39 is 0 Å². The third-order valence-corrected chi connectivity index (χ3v) is 3.32. The Morgan fingerprint density at radius 1 is 1.37 bits per heavy atom. The molecule has 1 fully saturated rings. The van der Waals surface area contributed by atoms with E-state index in [0.717, 1.165) is 4.68 Å². The lowest BCUT2D eigenvalue weighted by atomic mass is 9.96. The molecule has 0 unspecified atom stereocenters. The summed E-state index contributed by atoms with van der Waals surface area (Å²) in [4.78, 5) is 36.1. The molecular formula is C12H16N4O3. The molecular weight excluding hydrogens is 248 g/mol. The minimum atomic E-state index is -0.312. The third-order valence-electron chi connectivity index (χ3n) is 3.32. The van der Waals surface area contributed by atoms with E-state index in [0.29, 0.717) is 25.9 Å². The Labute approximate surface area is 110 Å². The van der Waals surface area contributed by atoms with Crippen molar-refractivity contribution in [3.63, 3.8) is 0 Å². The van der Waals surface area contributed by atoms with Crippen molar-refractivity contribution in [2.24, 2.45) is 11.7 Å². The Balaban J connectivity index is 1.94. The van der Waals surface area contributed by atoms with Gasteiger partial charge in [0.05, 0.1) is 0 Å². The van der Waals surface area contributed by atoms with Gasteiger partial charge < -0.3 is 10.6 Å². The molecule has 7 heteroatoms. The molecule has 0 atom stereocenters. The van der Waals surface area contributed by atoms with E-state index in [2.05, 4.69) is 5.10 Å². The van der Waals surface area contributed by atoms with Crippen molar-refractivity contribution in [3.05, 3.63) is 28.7 Å². The number of hydrogen-bond donors (Lipinski definition) is 1. The molecule has 0 spiro atoms. The maximum atomic E-state index is 12.0. The Morgan fingerprint density at radius 2 is 2.05 bits per heavy atom. The normalized spacial score (nSPS) is 16.3. The first kappa shape index (κ1) is 13.3. The summed E-state index contributed by atoms with van der Waals surface area (Å²) in [5.74, 6) is -0.626. The largest absolute Gasteiger partial charge is 0.369 e. The number of amides is 2. The second-order valence-corrected chi connectivity index (χ2v) is 4.58. The van der Waals surface area contributed by atoms with Gasteiger partial charge in [-0.1, -0.05) is 0 Å². The molecule has 0 saturated carbocycles. The first-order valence-electron chi connectivity index (χ1n) is 6.17. The van der Waals surface area contributed by atoms with Crippen molar-refractivity contribution in [1.29, 1.82) is 0 Å². The molecule has 19 heavy (non-hydrogen) atoms. The summed E-state index contributed by atoms with van der Waals surface area (Å²) in [6.45, 7) is 0.920. The van der Waals surface area contributed by atoms with Crippen LogP contribution in [0.2, 0.25) is 0 Å². The monoisotopic (exact) mass is 264 g/mol. The number of carbonyl (C=O) groups is 2. The average molecular weight is 264 g/mol. The highest BCUT2D eigenvalue weighted by molar-refractivity contribution is 5.78. The molecule has 1 saturated heterocycles. The molecule has 2 rings (SSSR count). The van der Waals surface area contributed by atoms with Crippen LogP contribution in [0, 0.1) is 5.92 Å². The summed E-state index contributed by atoms with van der Waals surface area (Å²) in [5.41, 5.74) is 4.93. The Hall–Kier alpha value is -2.18. The van der Waals surface area contributed by atoms with Gasteiger partial charge in [0.15, 0.2) is 0 Å². The average Bonchev–Trinajstić information content (AvgIpc) is 2.41. The molecule has 1 aromatic rings. The standard InChI is InChI=1S/C12H16N4O3/c13-12(19)9-3-6-15(7-4-9)11(18)8-16-10(17)2-1-5-14-16/h1-2,5,9H,3-4,6-8H2,(H2,13,19). The van der Waals surface area contributed by atoms with Crippen molar-refractivity contribution in [2.75, 3.05) is 13.1 Å². The number of nitrogens with two attached hydrogens (primary N) is 1. The van der Waals surface area contributed by atoms with Crippen LogP contribution in [-0.2, 0) is 16.1 Å². The summed E-state index contributed by atoms with van der Waals surface area (Å²) in [6.07, 6.45) is 2.63. The van der Waals surface area contributed by atoms with Gasteiger partial charge in [0.2, 0.25) is 11.8 Å². The number of hydrogen-bond acceptors (Lipinski definition) is 4. The summed E-state index contributed by atoms with van der Waals surface area (Å²) < 4.78 is 1.13. The Kier molecular flexibility index (Phi) is 3.94. The minimum Gasteiger partial charge on any atom is -0.369 e. The molecule has 1 aromatic heterocycles. The Morgan fingerprint density at radius 3 is 2.63 bits per heavy atom. The maximum Gasteiger partial charge on any atom is 0.267 e. The molecule has 1 aliphatic rings. The van der Waals surface area contributed by atoms with Crippen molar-refractivity contribution in [3.8, 4) is 0 Å². The summed E-state index contributed by atoms with van der Waals surface area (Å²) in [6, 6.07) is 2.89. The van der Waals surface area contributed by atoms with Crippen LogP contribution in [0.1, 0.15) is 12.8 Å². The van der Waals surface area contributed by atoms with Gasteiger partial charge in [-0.25, -0.2) is 4.68 Å². The van der Waals surface area contributed by atoms with Crippen molar-refractivity contribution >= 4 is 11.8 Å². The molecule has 1 aliphatic heterocycles. The summed E-state index contributed by atoms with van der Waals surface area (Å²) in [5, 5.41) is 3.84. The molecule has 7 nitrogen and oxygen atoms in total. The lowest BCUT2D eigenvalue weighted by Crippen LogP contribution is -2.44. The van der Waals surface area contributed by atoms with Gasteiger partial charge >= 0.3 is 0 Å². The third kappa shape index (κ3) is 3.18. The van der Waals surface area contributed by atoms with Crippen LogP contribution in [0.3, 0.4) is 0 Å². The smallest absolute Gasteiger partial charge is 0.267 e. The van der Waals surface area contributed by atoms with Crippen molar-refractivity contribution in [2.45, 2.75) is 19.4 Å². The fourth-order valence-corrected chi connectivity index (χ4v) is 2.15. The Bertz CT molecular complexity index is 532. The fraction of sp³-hybridized carbons (Fsp3) is 0.500. The van der Waals surface area contributed by atoms with Crippen LogP contribution < -0.4 is 11.3 Å². The number of primary amides is 1. The number of carbonyl (C=O) groups excluding carboxylic acids is 2. The second-order valence-electron chi connectivity index (χ2n) is 4.58. The molecule has 0 aromatic carbocycles. The first-order valence-corrected chi connectivity index (χ1v) is 6.17. The van der Waals surface area contributed by atoms with Gasteiger partial charge in [-0.15, -0.1) is 0 Å². The molecule has 2 amide bonds. The van der Waals surface area contributed by atoms with Gasteiger partial charge in [0.25, 0.3) is 5.56 Å². The molecule has 0 aliphatic carbocycles. The summed E-state index contributed by atoms with van der Waals surface area (Å²) >= 11 is 0. The zero-order chi connectivity index (χ0) is 13.8. The van der Waals surface area contributed by atoms with E-state index in [1.165, 1.54) is 18.3 Å². The zero-order valence-corrected chi connectivity index (χ0v) is 10.5. The number of piperidine rings is 1. The van der Waals surface area contributed by atoms with Crippen LogP contribution in [-0.4, -0.2) is 39.6 Å². The minimum absolute atomic E-state index is 0.0685. The molecule has 2 N–H and O–H groups in total. The predicted octanol–water partition coefficient (Wildman–Crippen LogP) is -1.03. The van der Waals surface area contributed by atoms with Crippen LogP contribution >= 0.6 is 0 Å². The van der Waals surface area contributed by atoms with E-state index in [1.54, 1.807) is 4.90 Å². The van der Waals surface area contributed by atoms with E-state index in [4.69, 9.17) is 5.73 Å². The highest BCUT2D eigenvalue weighted by Crippen LogP contribution is 2.16. The van der Waals surface area contributed by atoms with Gasteiger partial charge in [-0.2, -0.15) is 5.10 Å². The molecule has 2 heterocycles. The van der Waals surface area contributed by atoms with E-state index in [1.807, 2.05) is 0 Å². The van der Waals surface area contributed by atoms with E-state index in [9.17, 15) is 14.4 Å². The zero-order valence-electron chi connectivity index (χ0n) is 10.5. The number of aromatic nitrogens is 2. The first-order chi connectivity index (χ1) is 9.08. The number of nitrogens with zero attached hydrogens (tertiary/aromatic N) is 3. The summed E-state index contributed by atoms with van der Waals surface area (Å²) in [7, 11) is 0. The fourth-order valence-electron chi connectivity index (χ4n) is 2.15. The highest BCUT2D eigenvalue weighted by Gasteiger charge is 2.25. The lowest BCUT2D eigenvalue weighted by Gasteiger charge is -2.30. The maximum absolute atomic E-state index is 12.0.